The van der Waals surface area contributed by atoms with Crippen LogP contribution in [0.15, 0.2) is 35.4 Å². The van der Waals surface area contributed by atoms with Crippen LogP contribution in [0, 0.1) is 0 Å². The van der Waals surface area contributed by atoms with E-state index in [1.54, 1.807) is 0 Å². The fraction of sp³-hybridized carbons (Fsp3) is 0.143. The molecule has 3 N–H and O–H groups in total. The van der Waals surface area contributed by atoms with Crippen molar-refractivity contribution >= 4 is 33.8 Å². The largest absolute Gasteiger partial charge is 0.454 e. The third-order valence-electron chi connectivity index (χ3n) is 3.08. The van der Waals surface area contributed by atoms with Gasteiger partial charge in [-0.25, -0.2) is 0 Å². The number of nitrogens with two attached hydrogens (primary N) is 1. The number of rotatable bonds is 2. The summed E-state index contributed by atoms with van der Waals surface area (Å²) in [5.41, 5.74) is 9.73. The number of nitrogens with zero attached hydrogens (tertiary/aromatic N) is 1. The van der Waals surface area contributed by atoms with E-state index in [0.717, 1.165) is 33.5 Å². The summed E-state index contributed by atoms with van der Waals surface area (Å²) in [5.74, 6) is 1.55. The molecule has 0 saturated heterocycles. The van der Waals surface area contributed by atoms with Gasteiger partial charge in [0.25, 0.3) is 0 Å². The molecule has 0 amide bonds. The zero-order chi connectivity index (χ0) is 14.1. The van der Waals surface area contributed by atoms with Crippen LogP contribution in [0.1, 0.15) is 12.5 Å². The number of hydrazone groups is 1. The molecule has 0 saturated carbocycles. The van der Waals surface area contributed by atoms with Gasteiger partial charge in [-0.2, -0.15) is 5.10 Å². The topological polar surface area (TPSA) is 68.9 Å². The third-order valence-corrected chi connectivity index (χ3v) is 3.17. The van der Waals surface area contributed by atoms with Gasteiger partial charge < -0.3 is 15.2 Å². The molecule has 0 unspecified atom stereocenters. The van der Waals surface area contributed by atoms with E-state index in [-0.39, 0.29) is 11.9 Å². The van der Waals surface area contributed by atoms with E-state index in [1.807, 2.05) is 37.3 Å². The zero-order valence-electron chi connectivity index (χ0n) is 10.8. The lowest BCUT2D eigenvalue weighted by Gasteiger charge is -2.05. The maximum Gasteiger partial charge on any atom is 0.231 e. The van der Waals surface area contributed by atoms with Crippen LogP contribution in [0.25, 0.3) is 10.8 Å². The lowest BCUT2D eigenvalue weighted by atomic mass is 10.0. The summed E-state index contributed by atoms with van der Waals surface area (Å²) >= 11 is 4.72. The fourth-order valence-electron chi connectivity index (χ4n) is 2.07. The molecular weight excluding hydrogens is 274 g/mol. The van der Waals surface area contributed by atoms with Crippen molar-refractivity contribution in [2.45, 2.75) is 6.92 Å². The Labute approximate surface area is 121 Å². The Morgan fingerprint density at radius 1 is 1.20 bits per heavy atom. The van der Waals surface area contributed by atoms with Crippen LogP contribution in [0.2, 0.25) is 0 Å². The van der Waals surface area contributed by atoms with Gasteiger partial charge in [-0.05, 0) is 53.7 Å². The van der Waals surface area contributed by atoms with Crippen LogP contribution in [0.5, 0.6) is 11.5 Å². The lowest BCUT2D eigenvalue weighted by molar-refractivity contribution is 0.174. The van der Waals surface area contributed by atoms with Gasteiger partial charge >= 0.3 is 0 Å². The first kappa shape index (κ1) is 12.7. The SMILES string of the molecule is CC(=NNC(N)=S)c1ccc2cc3c(cc2c1)OCO3. The van der Waals surface area contributed by atoms with E-state index in [1.165, 1.54) is 0 Å². The number of fused-ring (bicyclic) bond motifs is 2. The van der Waals surface area contributed by atoms with Crippen LogP contribution in [-0.4, -0.2) is 17.6 Å². The second-order valence-corrected chi connectivity index (χ2v) is 4.88. The average Bonchev–Trinajstić information content (AvgIpc) is 2.88. The first-order valence-corrected chi connectivity index (χ1v) is 6.48. The van der Waals surface area contributed by atoms with Gasteiger partial charge in [0.1, 0.15) is 0 Å². The number of benzene rings is 2. The Hall–Kier alpha value is -2.34. The maximum absolute atomic E-state index is 5.39. The molecule has 0 bridgehead atoms. The summed E-state index contributed by atoms with van der Waals surface area (Å²) in [5, 5.41) is 6.42. The van der Waals surface area contributed by atoms with Crippen molar-refractivity contribution in [3.63, 3.8) is 0 Å². The lowest BCUT2D eigenvalue weighted by Crippen LogP contribution is -2.25. The Kier molecular flexibility index (Phi) is 3.15. The van der Waals surface area contributed by atoms with Gasteiger partial charge in [0.2, 0.25) is 6.79 Å². The molecule has 6 heteroatoms. The summed E-state index contributed by atoms with van der Waals surface area (Å²) in [7, 11) is 0. The van der Waals surface area contributed by atoms with E-state index < -0.39 is 0 Å². The van der Waals surface area contributed by atoms with Gasteiger partial charge in [0, 0.05) is 0 Å². The van der Waals surface area contributed by atoms with Crippen molar-refractivity contribution in [2.24, 2.45) is 10.8 Å². The molecule has 0 fully saturated rings. The van der Waals surface area contributed by atoms with Gasteiger partial charge in [0.05, 0.1) is 5.71 Å². The second kappa shape index (κ2) is 4.97. The molecule has 2 aromatic rings. The van der Waals surface area contributed by atoms with Gasteiger partial charge in [-0.15, -0.1) is 0 Å². The highest BCUT2D eigenvalue weighted by Gasteiger charge is 2.14. The number of hydrogen-bond acceptors (Lipinski definition) is 4. The van der Waals surface area contributed by atoms with Crippen molar-refractivity contribution < 1.29 is 9.47 Å². The summed E-state index contributed by atoms with van der Waals surface area (Å²) < 4.78 is 10.8. The molecule has 0 radical (unpaired) electrons. The van der Waals surface area contributed by atoms with Crippen LogP contribution < -0.4 is 20.6 Å². The average molecular weight is 287 g/mol. The summed E-state index contributed by atoms with van der Waals surface area (Å²) in [6.45, 7) is 2.16. The van der Waals surface area contributed by atoms with Crippen molar-refractivity contribution in [3.8, 4) is 11.5 Å². The second-order valence-electron chi connectivity index (χ2n) is 4.44. The fourth-order valence-corrected chi connectivity index (χ4v) is 2.11. The minimum Gasteiger partial charge on any atom is -0.454 e. The van der Waals surface area contributed by atoms with Crippen LogP contribution in [-0.2, 0) is 0 Å². The van der Waals surface area contributed by atoms with Gasteiger partial charge in [0.15, 0.2) is 16.6 Å². The van der Waals surface area contributed by atoms with E-state index in [4.69, 9.17) is 27.4 Å². The minimum absolute atomic E-state index is 0.147. The van der Waals surface area contributed by atoms with Crippen molar-refractivity contribution in [3.05, 3.63) is 35.9 Å². The standard InChI is InChI=1S/C14H13N3O2S/c1-8(16-17-14(15)20)9-2-3-10-5-12-13(19-7-18-12)6-11(10)4-9/h2-6H,7H2,1H3,(H3,15,17,20). The summed E-state index contributed by atoms with van der Waals surface area (Å²) in [4.78, 5) is 0. The monoisotopic (exact) mass is 287 g/mol. The van der Waals surface area contributed by atoms with Crippen LogP contribution >= 0.6 is 12.2 Å². The summed E-state index contributed by atoms with van der Waals surface area (Å²) in [6, 6.07) is 9.99. The quantitative estimate of drug-likeness (QED) is 0.503. The highest BCUT2D eigenvalue weighted by atomic mass is 32.1. The molecule has 20 heavy (non-hydrogen) atoms. The molecule has 2 aromatic carbocycles. The van der Waals surface area contributed by atoms with E-state index in [0.29, 0.717) is 0 Å². The highest BCUT2D eigenvalue weighted by Crippen LogP contribution is 2.36. The highest BCUT2D eigenvalue weighted by molar-refractivity contribution is 7.80. The molecule has 1 aliphatic rings. The molecule has 0 atom stereocenters. The van der Waals surface area contributed by atoms with Crippen LogP contribution in [0.3, 0.4) is 0 Å². The van der Waals surface area contributed by atoms with E-state index >= 15 is 0 Å². The maximum atomic E-state index is 5.39. The first-order chi connectivity index (χ1) is 9.63. The molecule has 0 spiro atoms. The first-order valence-electron chi connectivity index (χ1n) is 6.07. The molecule has 0 aliphatic carbocycles. The molecule has 5 nitrogen and oxygen atoms in total. The number of nitrogens with one attached hydrogen (secondary N) is 1. The molecule has 0 aromatic heterocycles. The van der Waals surface area contributed by atoms with Crippen molar-refractivity contribution in [1.82, 2.24) is 5.43 Å². The Bertz CT molecular complexity index is 728. The number of thiocarbonyl (C=S) groups is 1. The third kappa shape index (κ3) is 2.37. The normalized spacial score (nSPS) is 13.6. The molecule has 102 valence electrons. The number of ether oxygens (including phenoxy) is 2. The number of hydrogen-bond donors (Lipinski definition) is 2. The van der Waals surface area contributed by atoms with Gasteiger partial charge in [-0.3, -0.25) is 5.43 Å². The summed E-state index contributed by atoms with van der Waals surface area (Å²) in [6.07, 6.45) is 0. The molecule has 3 rings (SSSR count). The van der Waals surface area contributed by atoms with Crippen molar-refractivity contribution in [2.75, 3.05) is 6.79 Å². The van der Waals surface area contributed by atoms with Crippen LogP contribution in [0.4, 0.5) is 0 Å². The molecular formula is C14H13N3O2S. The predicted octanol–water partition coefficient (Wildman–Crippen LogP) is 2.13. The van der Waals surface area contributed by atoms with E-state index in [2.05, 4.69) is 10.5 Å². The zero-order valence-corrected chi connectivity index (χ0v) is 11.7. The van der Waals surface area contributed by atoms with Crippen molar-refractivity contribution in [1.29, 1.82) is 0 Å². The van der Waals surface area contributed by atoms with Gasteiger partial charge in [-0.1, -0.05) is 12.1 Å². The Morgan fingerprint density at radius 3 is 2.60 bits per heavy atom. The minimum atomic E-state index is 0.147. The smallest absolute Gasteiger partial charge is 0.231 e. The Balaban J connectivity index is 2.00. The molecule has 1 heterocycles. The Morgan fingerprint density at radius 2 is 1.90 bits per heavy atom. The van der Waals surface area contributed by atoms with E-state index in [9.17, 15) is 0 Å². The predicted molar refractivity (Wildman–Crippen MR) is 82.2 cm³/mol. The molecule has 1 aliphatic heterocycles.